The van der Waals surface area contributed by atoms with Crippen molar-refractivity contribution in [2.24, 2.45) is 0 Å². The van der Waals surface area contributed by atoms with Gasteiger partial charge in [-0.1, -0.05) is 11.6 Å². The highest BCUT2D eigenvalue weighted by atomic mass is 35.5. The summed E-state index contributed by atoms with van der Waals surface area (Å²) in [6.45, 7) is 10.4. The van der Waals surface area contributed by atoms with Gasteiger partial charge >= 0.3 is 0 Å². The van der Waals surface area contributed by atoms with Crippen LogP contribution in [-0.4, -0.2) is 5.11 Å². The molecule has 2 aromatic carbocycles. The van der Waals surface area contributed by atoms with Crippen molar-refractivity contribution >= 4 is 17.3 Å². The Bertz CT molecular complexity index is 678. The first-order valence-electron chi connectivity index (χ1n) is 7.05. The number of nitrogens with two attached hydrogens (primary N) is 1. The first-order valence-corrected chi connectivity index (χ1v) is 7.43. The van der Waals surface area contributed by atoms with E-state index in [4.69, 9.17) is 17.3 Å². The van der Waals surface area contributed by atoms with Crippen LogP contribution in [0.15, 0.2) is 18.2 Å². The van der Waals surface area contributed by atoms with E-state index in [1.807, 2.05) is 13.8 Å². The average molecular weight is 304 g/mol. The molecule has 2 rings (SSSR count). The van der Waals surface area contributed by atoms with Gasteiger partial charge in [0.05, 0.1) is 0 Å². The summed E-state index contributed by atoms with van der Waals surface area (Å²) in [4.78, 5) is 0. The second kappa shape index (κ2) is 5.70. The Morgan fingerprint density at radius 3 is 1.90 bits per heavy atom. The highest BCUT2D eigenvalue weighted by molar-refractivity contribution is 6.30. The molecule has 0 aliphatic rings. The molecule has 0 radical (unpaired) electrons. The lowest BCUT2D eigenvalue weighted by Gasteiger charge is -2.23. The summed E-state index contributed by atoms with van der Waals surface area (Å²) < 4.78 is 0. The van der Waals surface area contributed by atoms with Crippen molar-refractivity contribution < 1.29 is 5.11 Å². The third-order valence-corrected chi connectivity index (χ3v) is 4.91. The zero-order valence-electron chi connectivity index (χ0n) is 13.2. The van der Waals surface area contributed by atoms with Crippen molar-refractivity contribution in [3.8, 4) is 0 Å². The summed E-state index contributed by atoms with van der Waals surface area (Å²) >= 11 is 6.05. The summed E-state index contributed by atoms with van der Waals surface area (Å²) in [6, 6.07) is 5.21. The number of halogens is 1. The van der Waals surface area contributed by atoms with Crippen molar-refractivity contribution in [1.82, 2.24) is 0 Å². The number of hydrogen-bond acceptors (Lipinski definition) is 2. The van der Waals surface area contributed by atoms with Crippen LogP contribution in [0.25, 0.3) is 0 Å². The monoisotopic (exact) mass is 303 g/mol. The molecule has 0 saturated heterocycles. The number of aliphatic hydroxyl groups is 1. The van der Waals surface area contributed by atoms with Crippen LogP contribution in [0.5, 0.6) is 0 Å². The molecule has 0 bridgehead atoms. The van der Waals surface area contributed by atoms with Gasteiger partial charge < -0.3 is 10.8 Å². The third kappa shape index (κ3) is 2.66. The lowest BCUT2D eigenvalue weighted by atomic mass is 9.85. The molecule has 1 unspecified atom stereocenters. The third-order valence-electron chi connectivity index (χ3n) is 4.67. The predicted molar refractivity (Wildman–Crippen MR) is 90.1 cm³/mol. The maximum Gasteiger partial charge on any atom is 0.107 e. The van der Waals surface area contributed by atoms with Crippen LogP contribution in [0.1, 0.15) is 45.0 Å². The summed E-state index contributed by atoms with van der Waals surface area (Å²) in [7, 11) is 0. The van der Waals surface area contributed by atoms with Crippen LogP contribution in [0.4, 0.5) is 5.69 Å². The maximum absolute atomic E-state index is 10.9. The largest absolute Gasteiger partial charge is 0.398 e. The van der Waals surface area contributed by atoms with Crippen LogP contribution in [0.3, 0.4) is 0 Å². The van der Waals surface area contributed by atoms with E-state index in [0.29, 0.717) is 16.3 Å². The summed E-state index contributed by atoms with van der Waals surface area (Å²) in [6.07, 6.45) is -0.762. The quantitative estimate of drug-likeness (QED) is 0.800. The SMILES string of the molecule is Cc1c(C)c(C)c(C(O)c2cc(Cl)ccc2N)c(C)c1C. The van der Waals surface area contributed by atoms with Gasteiger partial charge in [-0.25, -0.2) is 0 Å². The van der Waals surface area contributed by atoms with E-state index in [0.717, 1.165) is 16.7 Å². The number of benzene rings is 2. The van der Waals surface area contributed by atoms with Crippen LogP contribution in [0, 0.1) is 34.6 Å². The predicted octanol–water partition coefficient (Wildman–Crippen LogP) is 4.55. The van der Waals surface area contributed by atoms with E-state index in [-0.39, 0.29) is 0 Å². The molecule has 0 aliphatic heterocycles. The fourth-order valence-corrected chi connectivity index (χ4v) is 3.06. The van der Waals surface area contributed by atoms with E-state index in [1.165, 1.54) is 16.7 Å². The molecule has 1 atom stereocenters. The average Bonchev–Trinajstić information content (AvgIpc) is 2.45. The number of rotatable bonds is 2. The van der Waals surface area contributed by atoms with Gasteiger partial charge in [-0.2, -0.15) is 0 Å². The Hall–Kier alpha value is -1.51. The highest BCUT2D eigenvalue weighted by Crippen LogP contribution is 2.36. The maximum atomic E-state index is 10.9. The minimum Gasteiger partial charge on any atom is -0.398 e. The zero-order chi connectivity index (χ0) is 15.9. The van der Waals surface area contributed by atoms with Crippen molar-refractivity contribution in [1.29, 1.82) is 0 Å². The summed E-state index contributed by atoms with van der Waals surface area (Å²) in [5, 5.41) is 11.4. The topological polar surface area (TPSA) is 46.2 Å². The number of nitrogen functional groups attached to an aromatic ring is 1. The van der Waals surface area contributed by atoms with E-state index in [9.17, 15) is 5.11 Å². The van der Waals surface area contributed by atoms with Crippen LogP contribution in [0.2, 0.25) is 5.02 Å². The van der Waals surface area contributed by atoms with Crippen LogP contribution >= 0.6 is 11.6 Å². The lowest BCUT2D eigenvalue weighted by Crippen LogP contribution is -2.11. The van der Waals surface area contributed by atoms with Crippen molar-refractivity contribution in [2.75, 3.05) is 5.73 Å². The molecular weight excluding hydrogens is 282 g/mol. The minimum absolute atomic E-state index is 0.557. The molecule has 3 N–H and O–H groups in total. The van der Waals surface area contributed by atoms with Gasteiger partial charge in [0.1, 0.15) is 6.10 Å². The Morgan fingerprint density at radius 1 is 0.905 bits per heavy atom. The van der Waals surface area contributed by atoms with E-state index in [2.05, 4.69) is 20.8 Å². The lowest BCUT2D eigenvalue weighted by molar-refractivity contribution is 0.219. The van der Waals surface area contributed by atoms with Gasteiger partial charge in [0, 0.05) is 16.3 Å². The first-order chi connectivity index (χ1) is 9.75. The number of anilines is 1. The van der Waals surface area contributed by atoms with E-state index in [1.54, 1.807) is 18.2 Å². The highest BCUT2D eigenvalue weighted by Gasteiger charge is 2.21. The fraction of sp³-hybridized carbons (Fsp3) is 0.333. The van der Waals surface area contributed by atoms with Crippen molar-refractivity contribution in [2.45, 2.75) is 40.7 Å². The van der Waals surface area contributed by atoms with Gasteiger partial charge in [0.15, 0.2) is 0 Å². The molecule has 0 fully saturated rings. The second-order valence-corrected chi connectivity index (χ2v) is 6.15. The van der Waals surface area contributed by atoms with Gasteiger partial charge in [-0.15, -0.1) is 0 Å². The molecule has 0 amide bonds. The normalized spacial score (nSPS) is 12.5. The molecule has 2 nitrogen and oxygen atoms in total. The molecule has 2 aromatic rings. The molecular formula is C18H22ClNO. The van der Waals surface area contributed by atoms with E-state index < -0.39 is 6.10 Å². The molecule has 0 saturated carbocycles. The smallest absolute Gasteiger partial charge is 0.107 e. The van der Waals surface area contributed by atoms with E-state index >= 15 is 0 Å². The van der Waals surface area contributed by atoms with Crippen LogP contribution in [-0.2, 0) is 0 Å². The Balaban J connectivity index is 2.69. The summed E-state index contributed by atoms with van der Waals surface area (Å²) in [5.41, 5.74) is 14.1. The standard InChI is InChI=1S/C18H22ClNO/c1-9-10(2)12(4)17(13(5)11(9)3)18(21)15-8-14(19)6-7-16(15)20/h6-8,18,21H,20H2,1-5H3. The Labute approximate surface area is 131 Å². The molecule has 3 heteroatoms. The van der Waals surface area contributed by atoms with Gasteiger partial charge in [-0.3, -0.25) is 0 Å². The van der Waals surface area contributed by atoms with Gasteiger partial charge in [0.2, 0.25) is 0 Å². The Kier molecular flexibility index (Phi) is 4.31. The molecule has 112 valence electrons. The van der Waals surface area contributed by atoms with Crippen molar-refractivity contribution in [3.63, 3.8) is 0 Å². The number of hydrogen-bond donors (Lipinski definition) is 2. The van der Waals surface area contributed by atoms with Crippen LogP contribution < -0.4 is 5.73 Å². The van der Waals surface area contributed by atoms with Crippen molar-refractivity contribution in [3.05, 3.63) is 62.2 Å². The zero-order valence-corrected chi connectivity index (χ0v) is 14.0. The number of aliphatic hydroxyl groups excluding tert-OH is 1. The fourth-order valence-electron chi connectivity index (χ4n) is 2.88. The Morgan fingerprint density at radius 2 is 1.38 bits per heavy atom. The molecule has 21 heavy (non-hydrogen) atoms. The van der Waals surface area contributed by atoms with Gasteiger partial charge in [-0.05, 0) is 86.2 Å². The molecule has 0 heterocycles. The second-order valence-electron chi connectivity index (χ2n) is 5.71. The first kappa shape index (κ1) is 15.9. The molecule has 0 aromatic heterocycles. The molecule has 0 spiro atoms. The molecule has 0 aliphatic carbocycles. The minimum atomic E-state index is -0.762. The van der Waals surface area contributed by atoms with Gasteiger partial charge in [0.25, 0.3) is 0 Å². The summed E-state index contributed by atoms with van der Waals surface area (Å²) in [5.74, 6) is 0.